The van der Waals surface area contributed by atoms with Crippen LogP contribution in [0.5, 0.6) is 0 Å². The molecular weight excluding hydrogens is 351 g/mol. The minimum Gasteiger partial charge on any atom is -0.297 e. The average molecular weight is 370 g/mol. The van der Waals surface area contributed by atoms with Crippen molar-refractivity contribution in [3.63, 3.8) is 0 Å². The van der Waals surface area contributed by atoms with Crippen LogP contribution in [0.15, 0.2) is 42.6 Å². The second-order valence-corrected chi connectivity index (χ2v) is 6.62. The molecule has 0 bridgehead atoms. The Morgan fingerprint density at radius 1 is 0.840 bits per heavy atom. The highest BCUT2D eigenvalue weighted by atomic mass is 35.5. The van der Waals surface area contributed by atoms with Gasteiger partial charge in [-0.05, 0) is 29.3 Å². The van der Waals surface area contributed by atoms with Crippen LogP contribution in [0, 0.1) is 0 Å². The van der Waals surface area contributed by atoms with Gasteiger partial charge in [0.25, 0.3) is 0 Å². The van der Waals surface area contributed by atoms with E-state index in [-0.39, 0.29) is 0 Å². The first-order valence-corrected chi connectivity index (χ1v) is 8.49. The summed E-state index contributed by atoms with van der Waals surface area (Å²) < 4.78 is 37.8. The van der Waals surface area contributed by atoms with Crippen LogP contribution in [0.25, 0.3) is 0 Å². The molecule has 1 aliphatic heterocycles. The number of hydrogen-bond acceptors (Lipinski definition) is 3. The molecule has 0 unspecified atom stereocenters. The number of rotatable bonds is 4. The van der Waals surface area contributed by atoms with E-state index in [2.05, 4.69) is 14.8 Å². The first kappa shape index (κ1) is 18.2. The van der Waals surface area contributed by atoms with Crippen molar-refractivity contribution in [2.24, 2.45) is 0 Å². The van der Waals surface area contributed by atoms with E-state index in [4.69, 9.17) is 11.6 Å². The standard InChI is InChI=1S/C18H19ClF3N3/c19-17-6-3-15(11-23-17)13-25-9-7-24(8-10-25)12-14-1-4-16(5-2-14)18(20,21)22/h1-6,11H,7-10,12-13H2. The summed E-state index contributed by atoms with van der Waals surface area (Å²) >= 11 is 5.79. The number of nitrogens with zero attached hydrogens (tertiary/aromatic N) is 3. The lowest BCUT2D eigenvalue weighted by molar-refractivity contribution is -0.137. The molecule has 3 nitrogen and oxygen atoms in total. The number of hydrogen-bond donors (Lipinski definition) is 0. The highest BCUT2D eigenvalue weighted by Crippen LogP contribution is 2.29. The maximum atomic E-state index is 12.6. The van der Waals surface area contributed by atoms with E-state index >= 15 is 0 Å². The predicted octanol–water partition coefficient (Wildman–Crippen LogP) is 4.07. The molecule has 1 aromatic heterocycles. The Hall–Kier alpha value is -1.63. The Kier molecular flexibility index (Phi) is 5.61. The number of halogens is 4. The van der Waals surface area contributed by atoms with E-state index in [1.807, 2.05) is 6.07 Å². The van der Waals surface area contributed by atoms with Crippen LogP contribution in [0.4, 0.5) is 13.2 Å². The first-order chi connectivity index (χ1) is 11.9. The van der Waals surface area contributed by atoms with Crippen molar-refractivity contribution < 1.29 is 13.2 Å². The SMILES string of the molecule is FC(F)(F)c1ccc(CN2CCN(Cc3ccc(Cl)nc3)CC2)cc1. The molecule has 1 aromatic carbocycles. The quantitative estimate of drug-likeness (QED) is 0.757. The average Bonchev–Trinajstić information content (AvgIpc) is 2.58. The molecule has 3 rings (SSSR count). The maximum Gasteiger partial charge on any atom is 0.416 e. The molecule has 1 fully saturated rings. The third kappa shape index (κ3) is 5.17. The van der Waals surface area contributed by atoms with E-state index in [1.54, 1.807) is 24.4 Å². The summed E-state index contributed by atoms with van der Waals surface area (Å²) in [4.78, 5) is 8.69. The summed E-state index contributed by atoms with van der Waals surface area (Å²) in [5.41, 5.74) is 1.43. The second kappa shape index (κ2) is 7.72. The van der Waals surface area contributed by atoms with Gasteiger partial charge in [-0.2, -0.15) is 13.2 Å². The number of aromatic nitrogens is 1. The molecule has 7 heteroatoms. The zero-order chi connectivity index (χ0) is 17.9. The molecule has 2 heterocycles. The van der Waals surface area contributed by atoms with Crippen molar-refractivity contribution >= 4 is 11.6 Å². The van der Waals surface area contributed by atoms with Gasteiger partial charge in [-0.15, -0.1) is 0 Å². The van der Waals surface area contributed by atoms with E-state index in [9.17, 15) is 13.2 Å². The van der Waals surface area contributed by atoms with Crippen molar-refractivity contribution in [2.45, 2.75) is 19.3 Å². The van der Waals surface area contributed by atoms with Gasteiger partial charge in [-0.25, -0.2) is 4.98 Å². The molecule has 1 saturated heterocycles. The normalized spacial score (nSPS) is 17.0. The van der Waals surface area contributed by atoms with Crippen LogP contribution in [-0.2, 0) is 19.3 Å². The summed E-state index contributed by atoms with van der Waals surface area (Å²) in [5, 5.41) is 0.491. The van der Waals surface area contributed by atoms with Gasteiger partial charge in [0.05, 0.1) is 5.56 Å². The van der Waals surface area contributed by atoms with Crippen LogP contribution in [0.2, 0.25) is 5.15 Å². The summed E-state index contributed by atoms with van der Waals surface area (Å²) in [6.07, 6.45) is -2.49. The van der Waals surface area contributed by atoms with Gasteiger partial charge >= 0.3 is 6.18 Å². The lowest BCUT2D eigenvalue weighted by Crippen LogP contribution is -2.45. The molecule has 0 N–H and O–H groups in total. The largest absolute Gasteiger partial charge is 0.416 e. The fourth-order valence-electron chi connectivity index (χ4n) is 2.92. The summed E-state index contributed by atoms with van der Waals surface area (Å²) in [5.74, 6) is 0. The number of pyridine rings is 1. The Balaban J connectivity index is 1.48. The van der Waals surface area contributed by atoms with Gasteiger partial charge in [0.1, 0.15) is 5.15 Å². The molecule has 0 saturated carbocycles. The molecule has 0 aliphatic carbocycles. The second-order valence-electron chi connectivity index (χ2n) is 6.24. The molecule has 1 aliphatic rings. The summed E-state index contributed by atoms with van der Waals surface area (Å²) in [7, 11) is 0. The molecule has 0 spiro atoms. The number of piperazine rings is 1. The van der Waals surface area contributed by atoms with Crippen LogP contribution in [0.1, 0.15) is 16.7 Å². The molecular formula is C18H19ClF3N3. The van der Waals surface area contributed by atoms with Crippen molar-refractivity contribution in [3.05, 3.63) is 64.4 Å². The number of alkyl halides is 3. The maximum absolute atomic E-state index is 12.6. The first-order valence-electron chi connectivity index (χ1n) is 8.11. The minimum absolute atomic E-state index is 0.491. The molecule has 0 radical (unpaired) electrons. The topological polar surface area (TPSA) is 19.4 Å². The molecule has 134 valence electrons. The Morgan fingerprint density at radius 2 is 1.36 bits per heavy atom. The molecule has 25 heavy (non-hydrogen) atoms. The van der Waals surface area contributed by atoms with Gasteiger partial charge in [0, 0.05) is 45.5 Å². The molecule has 2 aromatic rings. The Labute approximate surface area is 150 Å². The van der Waals surface area contributed by atoms with Crippen molar-refractivity contribution in [3.8, 4) is 0 Å². The van der Waals surface area contributed by atoms with E-state index in [0.717, 1.165) is 56.0 Å². The van der Waals surface area contributed by atoms with E-state index < -0.39 is 11.7 Å². The Bertz CT molecular complexity index is 678. The van der Waals surface area contributed by atoms with Gasteiger partial charge in [-0.3, -0.25) is 9.80 Å². The van der Waals surface area contributed by atoms with Gasteiger partial charge in [0.2, 0.25) is 0 Å². The molecule has 0 atom stereocenters. The van der Waals surface area contributed by atoms with Gasteiger partial charge in [0.15, 0.2) is 0 Å². The zero-order valence-corrected chi connectivity index (χ0v) is 14.4. The van der Waals surface area contributed by atoms with Crippen molar-refractivity contribution in [1.82, 2.24) is 14.8 Å². The fourth-order valence-corrected chi connectivity index (χ4v) is 3.03. The third-order valence-electron chi connectivity index (χ3n) is 4.35. The highest BCUT2D eigenvalue weighted by Gasteiger charge is 2.30. The lowest BCUT2D eigenvalue weighted by Gasteiger charge is -2.34. The van der Waals surface area contributed by atoms with Gasteiger partial charge in [-0.1, -0.05) is 29.8 Å². The van der Waals surface area contributed by atoms with E-state index in [0.29, 0.717) is 11.7 Å². The number of benzene rings is 1. The summed E-state index contributed by atoms with van der Waals surface area (Å²) in [6, 6.07) is 9.20. The minimum atomic E-state index is -4.28. The van der Waals surface area contributed by atoms with Gasteiger partial charge < -0.3 is 0 Å². The fraction of sp³-hybridized carbons (Fsp3) is 0.389. The summed E-state index contributed by atoms with van der Waals surface area (Å²) in [6.45, 7) is 5.13. The van der Waals surface area contributed by atoms with Crippen molar-refractivity contribution in [1.29, 1.82) is 0 Å². The smallest absolute Gasteiger partial charge is 0.297 e. The lowest BCUT2D eigenvalue weighted by atomic mass is 10.1. The van der Waals surface area contributed by atoms with Crippen LogP contribution in [0.3, 0.4) is 0 Å². The van der Waals surface area contributed by atoms with Crippen molar-refractivity contribution in [2.75, 3.05) is 26.2 Å². The van der Waals surface area contributed by atoms with Crippen LogP contribution in [-0.4, -0.2) is 41.0 Å². The third-order valence-corrected chi connectivity index (χ3v) is 4.57. The van der Waals surface area contributed by atoms with E-state index in [1.165, 1.54) is 0 Å². The van der Waals surface area contributed by atoms with Crippen LogP contribution >= 0.6 is 11.6 Å². The highest BCUT2D eigenvalue weighted by molar-refractivity contribution is 6.29. The monoisotopic (exact) mass is 369 g/mol. The zero-order valence-electron chi connectivity index (χ0n) is 13.6. The Morgan fingerprint density at radius 3 is 1.84 bits per heavy atom. The van der Waals surface area contributed by atoms with Crippen LogP contribution < -0.4 is 0 Å². The molecule has 0 amide bonds. The predicted molar refractivity (Wildman–Crippen MR) is 91.2 cm³/mol.